The van der Waals surface area contributed by atoms with Gasteiger partial charge in [0.2, 0.25) is 5.91 Å². The number of aliphatic carboxylic acids is 1. The Morgan fingerprint density at radius 2 is 2.20 bits per heavy atom. The zero-order valence-electron chi connectivity index (χ0n) is 9.10. The predicted octanol–water partition coefficient (Wildman–Crippen LogP) is 0.344. The summed E-state index contributed by atoms with van der Waals surface area (Å²) in [5.41, 5.74) is 0. The molecule has 0 aromatic carbocycles. The van der Waals surface area contributed by atoms with E-state index in [4.69, 9.17) is 9.84 Å². The molecule has 0 bridgehead atoms. The molecule has 0 aliphatic carbocycles. The summed E-state index contributed by atoms with van der Waals surface area (Å²) < 4.78 is 4.76. The molecule has 1 aliphatic heterocycles. The van der Waals surface area contributed by atoms with Gasteiger partial charge in [-0.25, -0.2) is 0 Å². The third kappa shape index (κ3) is 2.68. The van der Waals surface area contributed by atoms with E-state index in [9.17, 15) is 9.59 Å². The number of nitrogens with zero attached hydrogens (tertiary/aromatic N) is 1. The van der Waals surface area contributed by atoms with E-state index in [1.54, 1.807) is 11.8 Å². The summed E-state index contributed by atoms with van der Waals surface area (Å²) >= 11 is 0. The molecular weight excluding hydrogens is 198 g/mol. The predicted molar refractivity (Wildman–Crippen MR) is 53.4 cm³/mol. The van der Waals surface area contributed by atoms with Crippen LogP contribution in [0.3, 0.4) is 0 Å². The first-order valence-corrected chi connectivity index (χ1v) is 5.09. The molecule has 15 heavy (non-hydrogen) atoms. The Morgan fingerprint density at radius 1 is 1.53 bits per heavy atom. The molecule has 1 aliphatic rings. The summed E-state index contributed by atoms with van der Waals surface area (Å²) in [4.78, 5) is 24.1. The van der Waals surface area contributed by atoms with E-state index in [1.807, 2.05) is 0 Å². The highest BCUT2D eigenvalue weighted by Crippen LogP contribution is 2.23. The fraction of sp³-hybridized carbons (Fsp3) is 0.800. The van der Waals surface area contributed by atoms with Gasteiger partial charge in [0.1, 0.15) is 6.61 Å². The highest BCUT2D eigenvalue weighted by Gasteiger charge is 2.34. The van der Waals surface area contributed by atoms with Gasteiger partial charge in [0.25, 0.3) is 0 Å². The Bertz CT molecular complexity index is 254. The van der Waals surface area contributed by atoms with Crippen LogP contribution in [0, 0.1) is 5.92 Å². The maximum absolute atomic E-state index is 11.6. The van der Waals surface area contributed by atoms with Crippen LogP contribution in [-0.4, -0.2) is 48.2 Å². The monoisotopic (exact) mass is 215 g/mol. The fourth-order valence-electron chi connectivity index (χ4n) is 2.03. The second-order valence-electron chi connectivity index (χ2n) is 3.85. The maximum Gasteiger partial charge on any atom is 0.308 e. The summed E-state index contributed by atoms with van der Waals surface area (Å²) in [6, 6.07) is -0.237. The van der Waals surface area contributed by atoms with Crippen LogP contribution in [0.5, 0.6) is 0 Å². The van der Waals surface area contributed by atoms with Gasteiger partial charge in [0, 0.05) is 19.7 Å². The topological polar surface area (TPSA) is 66.8 Å². The van der Waals surface area contributed by atoms with Gasteiger partial charge in [-0.15, -0.1) is 0 Å². The number of rotatable bonds is 3. The molecule has 1 heterocycles. The lowest BCUT2D eigenvalue weighted by Gasteiger charge is -2.37. The summed E-state index contributed by atoms with van der Waals surface area (Å²) in [6.45, 7) is 2.44. The van der Waals surface area contributed by atoms with Crippen molar-refractivity contribution >= 4 is 11.9 Å². The van der Waals surface area contributed by atoms with Crippen LogP contribution in [0.2, 0.25) is 0 Å². The van der Waals surface area contributed by atoms with Gasteiger partial charge < -0.3 is 14.7 Å². The second-order valence-corrected chi connectivity index (χ2v) is 3.85. The molecule has 1 amide bonds. The molecular formula is C10H17NO4. The summed E-state index contributed by atoms with van der Waals surface area (Å²) in [5.74, 6) is -1.40. The number of carboxylic acids is 1. The first-order valence-electron chi connectivity index (χ1n) is 5.09. The lowest BCUT2D eigenvalue weighted by Crippen LogP contribution is -2.50. The Kier molecular flexibility index (Phi) is 4.08. The molecule has 1 fully saturated rings. The first-order chi connectivity index (χ1) is 7.07. The molecule has 5 nitrogen and oxygen atoms in total. The van der Waals surface area contributed by atoms with E-state index in [1.165, 1.54) is 7.11 Å². The third-order valence-electron chi connectivity index (χ3n) is 2.89. The van der Waals surface area contributed by atoms with Crippen molar-refractivity contribution in [3.63, 3.8) is 0 Å². The van der Waals surface area contributed by atoms with Crippen molar-refractivity contribution in [3.05, 3.63) is 0 Å². The number of amides is 1. The Hall–Kier alpha value is -1.10. The van der Waals surface area contributed by atoms with Gasteiger partial charge in [0.05, 0.1) is 5.92 Å². The lowest BCUT2D eigenvalue weighted by molar-refractivity contribution is -0.150. The van der Waals surface area contributed by atoms with E-state index in [-0.39, 0.29) is 18.6 Å². The number of carbonyl (C=O) groups excluding carboxylic acids is 1. The van der Waals surface area contributed by atoms with E-state index >= 15 is 0 Å². The van der Waals surface area contributed by atoms with Gasteiger partial charge in [0.15, 0.2) is 0 Å². The number of hydrogen-bond donors (Lipinski definition) is 1. The van der Waals surface area contributed by atoms with Crippen molar-refractivity contribution in [2.24, 2.45) is 5.92 Å². The third-order valence-corrected chi connectivity index (χ3v) is 2.89. The molecule has 1 N–H and O–H groups in total. The Labute approximate surface area is 89.0 Å². The SMILES string of the molecule is COCC(=O)N1CCC[C@H](C(=O)O)[C@@H]1C. The number of hydrogen-bond acceptors (Lipinski definition) is 3. The van der Waals surface area contributed by atoms with Crippen molar-refractivity contribution in [1.29, 1.82) is 0 Å². The maximum atomic E-state index is 11.6. The van der Waals surface area contributed by atoms with Crippen molar-refractivity contribution in [2.75, 3.05) is 20.3 Å². The van der Waals surface area contributed by atoms with Gasteiger partial charge in [-0.2, -0.15) is 0 Å². The van der Waals surface area contributed by atoms with Crippen LogP contribution in [0.1, 0.15) is 19.8 Å². The molecule has 86 valence electrons. The smallest absolute Gasteiger partial charge is 0.308 e. The van der Waals surface area contributed by atoms with Crippen molar-refractivity contribution in [3.8, 4) is 0 Å². The normalized spacial score (nSPS) is 26.4. The first kappa shape index (κ1) is 12.0. The van der Waals surface area contributed by atoms with E-state index in [0.717, 1.165) is 6.42 Å². The van der Waals surface area contributed by atoms with E-state index in [2.05, 4.69) is 0 Å². The summed E-state index contributed by atoms with van der Waals surface area (Å²) in [7, 11) is 1.46. The lowest BCUT2D eigenvalue weighted by atomic mass is 9.90. The number of methoxy groups -OCH3 is 1. The largest absolute Gasteiger partial charge is 0.481 e. The van der Waals surface area contributed by atoms with Crippen LogP contribution in [0.15, 0.2) is 0 Å². The molecule has 1 saturated heterocycles. The van der Waals surface area contributed by atoms with Crippen LogP contribution in [0.4, 0.5) is 0 Å². The van der Waals surface area contributed by atoms with E-state index in [0.29, 0.717) is 13.0 Å². The molecule has 2 atom stereocenters. The Balaban J connectivity index is 2.65. The van der Waals surface area contributed by atoms with Crippen molar-refractivity contribution in [1.82, 2.24) is 4.90 Å². The summed E-state index contributed by atoms with van der Waals surface area (Å²) in [6.07, 6.45) is 1.39. The average Bonchev–Trinajstić information content (AvgIpc) is 2.17. The second kappa shape index (κ2) is 5.11. The highest BCUT2D eigenvalue weighted by atomic mass is 16.5. The molecule has 0 aromatic heterocycles. The number of likely N-dealkylation sites (tertiary alicyclic amines) is 1. The van der Waals surface area contributed by atoms with Crippen LogP contribution >= 0.6 is 0 Å². The Morgan fingerprint density at radius 3 is 2.73 bits per heavy atom. The quantitative estimate of drug-likeness (QED) is 0.737. The number of piperidine rings is 1. The molecule has 0 radical (unpaired) electrons. The van der Waals surface area contributed by atoms with E-state index < -0.39 is 11.9 Å². The van der Waals surface area contributed by atoms with Gasteiger partial charge in [-0.1, -0.05) is 0 Å². The molecule has 0 unspecified atom stereocenters. The van der Waals surface area contributed by atoms with Crippen LogP contribution in [0.25, 0.3) is 0 Å². The van der Waals surface area contributed by atoms with Gasteiger partial charge in [-0.3, -0.25) is 9.59 Å². The number of carboxylic acid groups (broad SMARTS) is 1. The zero-order valence-corrected chi connectivity index (χ0v) is 9.10. The van der Waals surface area contributed by atoms with Crippen molar-refractivity contribution < 1.29 is 19.4 Å². The molecule has 5 heteroatoms. The van der Waals surface area contributed by atoms with Gasteiger partial charge in [-0.05, 0) is 19.8 Å². The van der Waals surface area contributed by atoms with Crippen LogP contribution in [-0.2, 0) is 14.3 Å². The highest BCUT2D eigenvalue weighted by molar-refractivity contribution is 5.79. The molecule has 1 rings (SSSR count). The fourth-order valence-corrected chi connectivity index (χ4v) is 2.03. The minimum Gasteiger partial charge on any atom is -0.481 e. The molecule has 0 spiro atoms. The average molecular weight is 215 g/mol. The van der Waals surface area contributed by atoms with Crippen LogP contribution < -0.4 is 0 Å². The molecule has 0 aromatic rings. The van der Waals surface area contributed by atoms with Gasteiger partial charge >= 0.3 is 5.97 Å². The minimum absolute atomic E-state index is 0.0245. The summed E-state index contributed by atoms with van der Waals surface area (Å²) in [5, 5.41) is 8.97. The zero-order chi connectivity index (χ0) is 11.4. The minimum atomic E-state index is -0.822. The standard InChI is InChI=1S/C10H17NO4/c1-7-8(10(13)14)4-3-5-11(7)9(12)6-15-2/h7-8H,3-6H2,1-2H3,(H,13,14)/t7-,8-/m0/s1. The van der Waals surface area contributed by atoms with Crippen molar-refractivity contribution in [2.45, 2.75) is 25.8 Å². The molecule has 0 saturated carbocycles. The number of ether oxygens (including phenoxy) is 1. The number of carbonyl (C=O) groups is 2.